The summed E-state index contributed by atoms with van der Waals surface area (Å²) in [6.07, 6.45) is 2.12. The molecule has 0 aliphatic heterocycles. The van der Waals surface area contributed by atoms with E-state index in [2.05, 4.69) is 6.58 Å². The standard InChI is InChI=1S/C20H22O3/c1-3-14-23-18-12-10-16(11-13-18)19(22)20(4-2,15-21)17-8-6-5-7-9-17/h3,5-13,15,19,22H,1,4,14H2,2H3. The number of hydrogen-bond acceptors (Lipinski definition) is 3. The quantitative estimate of drug-likeness (QED) is 0.595. The summed E-state index contributed by atoms with van der Waals surface area (Å²) in [5.41, 5.74) is 0.552. The highest BCUT2D eigenvalue weighted by molar-refractivity contribution is 5.70. The minimum absolute atomic E-state index is 0.430. The summed E-state index contributed by atoms with van der Waals surface area (Å²) in [5.74, 6) is 0.703. The Labute approximate surface area is 137 Å². The summed E-state index contributed by atoms with van der Waals surface area (Å²) < 4.78 is 5.44. The van der Waals surface area contributed by atoms with Crippen LogP contribution in [0.2, 0.25) is 0 Å². The highest BCUT2D eigenvalue weighted by Crippen LogP contribution is 2.39. The zero-order chi connectivity index (χ0) is 16.7. The first-order valence-corrected chi connectivity index (χ1v) is 7.71. The van der Waals surface area contributed by atoms with E-state index in [1.165, 1.54) is 0 Å². The molecule has 3 nitrogen and oxygen atoms in total. The predicted octanol–water partition coefficient (Wildman–Crippen LogP) is 3.83. The van der Waals surface area contributed by atoms with Crippen molar-refractivity contribution in [3.63, 3.8) is 0 Å². The summed E-state index contributed by atoms with van der Waals surface area (Å²) in [7, 11) is 0. The molecule has 0 radical (unpaired) electrons. The molecule has 3 heteroatoms. The van der Waals surface area contributed by atoms with Crippen LogP contribution in [0.3, 0.4) is 0 Å². The van der Waals surface area contributed by atoms with Crippen molar-refractivity contribution in [3.8, 4) is 5.75 Å². The number of carbonyl (C=O) groups excluding carboxylic acids is 1. The minimum atomic E-state index is -0.954. The fraction of sp³-hybridized carbons (Fsp3) is 0.250. The first-order valence-electron chi connectivity index (χ1n) is 7.71. The van der Waals surface area contributed by atoms with Crippen LogP contribution in [-0.4, -0.2) is 18.0 Å². The second kappa shape index (κ2) is 7.75. The van der Waals surface area contributed by atoms with Gasteiger partial charge in [-0.05, 0) is 29.7 Å². The van der Waals surface area contributed by atoms with E-state index in [0.29, 0.717) is 24.3 Å². The van der Waals surface area contributed by atoms with Crippen molar-refractivity contribution in [1.82, 2.24) is 0 Å². The number of rotatable bonds is 8. The largest absolute Gasteiger partial charge is 0.490 e. The zero-order valence-corrected chi connectivity index (χ0v) is 13.3. The van der Waals surface area contributed by atoms with Crippen LogP contribution < -0.4 is 4.74 Å². The Morgan fingerprint density at radius 3 is 2.35 bits per heavy atom. The summed E-state index contributed by atoms with van der Waals surface area (Å²) in [4.78, 5) is 11.9. The Hall–Kier alpha value is -2.39. The molecule has 0 heterocycles. The van der Waals surface area contributed by atoms with E-state index in [9.17, 15) is 9.90 Å². The summed E-state index contributed by atoms with van der Waals surface area (Å²) in [6, 6.07) is 16.6. The number of carbonyl (C=O) groups is 1. The molecule has 120 valence electrons. The smallest absolute Gasteiger partial charge is 0.133 e. The number of ether oxygens (including phenoxy) is 1. The molecule has 0 amide bonds. The Morgan fingerprint density at radius 1 is 1.17 bits per heavy atom. The molecule has 0 aliphatic carbocycles. The van der Waals surface area contributed by atoms with Crippen LogP contribution >= 0.6 is 0 Å². The van der Waals surface area contributed by atoms with Crippen LogP contribution in [0.4, 0.5) is 0 Å². The van der Waals surface area contributed by atoms with E-state index < -0.39 is 11.5 Å². The van der Waals surface area contributed by atoms with Crippen LogP contribution in [0, 0.1) is 0 Å². The molecule has 2 rings (SSSR count). The lowest BCUT2D eigenvalue weighted by Crippen LogP contribution is -2.35. The van der Waals surface area contributed by atoms with Gasteiger partial charge in [0.05, 0.1) is 11.5 Å². The molecule has 2 unspecified atom stereocenters. The van der Waals surface area contributed by atoms with Gasteiger partial charge in [-0.15, -0.1) is 0 Å². The average Bonchev–Trinajstić information content (AvgIpc) is 2.62. The Morgan fingerprint density at radius 2 is 1.83 bits per heavy atom. The lowest BCUT2D eigenvalue weighted by Gasteiger charge is -2.33. The van der Waals surface area contributed by atoms with Crippen molar-refractivity contribution >= 4 is 6.29 Å². The van der Waals surface area contributed by atoms with Crippen LogP contribution in [0.15, 0.2) is 67.3 Å². The van der Waals surface area contributed by atoms with Crippen molar-refractivity contribution in [2.45, 2.75) is 24.9 Å². The molecule has 1 N–H and O–H groups in total. The highest BCUT2D eigenvalue weighted by atomic mass is 16.5. The molecular weight excluding hydrogens is 288 g/mol. The molecule has 0 fully saturated rings. The first-order chi connectivity index (χ1) is 11.2. The summed E-state index contributed by atoms with van der Waals surface area (Å²) in [6.45, 7) is 5.94. The number of hydrogen-bond donors (Lipinski definition) is 1. The van der Waals surface area contributed by atoms with Crippen molar-refractivity contribution in [2.75, 3.05) is 6.61 Å². The summed E-state index contributed by atoms with van der Waals surface area (Å²) in [5, 5.41) is 10.9. The topological polar surface area (TPSA) is 46.5 Å². The fourth-order valence-corrected chi connectivity index (χ4v) is 2.72. The fourth-order valence-electron chi connectivity index (χ4n) is 2.72. The minimum Gasteiger partial charge on any atom is -0.490 e. The molecule has 2 atom stereocenters. The average molecular weight is 310 g/mol. The van der Waals surface area contributed by atoms with Gasteiger partial charge in [-0.3, -0.25) is 0 Å². The van der Waals surface area contributed by atoms with Crippen LogP contribution in [0.25, 0.3) is 0 Å². The molecule has 0 spiro atoms. The zero-order valence-electron chi connectivity index (χ0n) is 13.3. The molecule has 2 aromatic rings. The van der Waals surface area contributed by atoms with Gasteiger partial charge in [-0.2, -0.15) is 0 Å². The van der Waals surface area contributed by atoms with Crippen LogP contribution in [0.1, 0.15) is 30.6 Å². The second-order valence-corrected chi connectivity index (χ2v) is 5.45. The first kappa shape index (κ1) is 17.0. The van der Waals surface area contributed by atoms with Crippen LogP contribution in [0.5, 0.6) is 5.75 Å². The molecular formula is C20H22O3. The van der Waals surface area contributed by atoms with Gasteiger partial charge in [0, 0.05) is 0 Å². The van der Waals surface area contributed by atoms with E-state index >= 15 is 0 Å². The Kier molecular flexibility index (Phi) is 5.72. The predicted molar refractivity (Wildman–Crippen MR) is 91.6 cm³/mol. The second-order valence-electron chi connectivity index (χ2n) is 5.45. The van der Waals surface area contributed by atoms with E-state index in [1.807, 2.05) is 37.3 Å². The molecule has 0 aromatic heterocycles. The maximum Gasteiger partial charge on any atom is 0.133 e. The number of aliphatic hydroxyl groups excluding tert-OH is 1. The molecule has 0 bridgehead atoms. The molecule has 0 saturated carbocycles. The summed E-state index contributed by atoms with van der Waals surface area (Å²) >= 11 is 0. The van der Waals surface area contributed by atoms with E-state index in [4.69, 9.17) is 4.74 Å². The van der Waals surface area contributed by atoms with E-state index in [1.54, 1.807) is 30.3 Å². The molecule has 0 saturated heterocycles. The van der Waals surface area contributed by atoms with Gasteiger partial charge in [0.2, 0.25) is 0 Å². The number of aldehydes is 1. The maximum absolute atomic E-state index is 11.9. The van der Waals surface area contributed by atoms with Crippen molar-refractivity contribution in [3.05, 3.63) is 78.4 Å². The number of aliphatic hydroxyl groups is 1. The van der Waals surface area contributed by atoms with Gasteiger partial charge in [-0.25, -0.2) is 0 Å². The van der Waals surface area contributed by atoms with Gasteiger partial charge in [0.1, 0.15) is 18.6 Å². The van der Waals surface area contributed by atoms with E-state index in [-0.39, 0.29) is 0 Å². The molecule has 23 heavy (non-hydrogen) atoms. The molecule has 2 aromatic carbocycles. The van der Waals surface area contributed by atoms with E-state index in [0.717, 1.165) is 11.8 Å². The van der Waals surface area contributed by atoms with Crippen molar-refractivity contribution in [1.29, 1.82) is 0 Å². The van der Waals surface area contributed by atoms with Gasteiger partial charge < -0.3 is 14.6 Å². The van der Waals surface area contributed by atoms with Crippen molar-refractivity contribution < 1.29 is 14.6 Å². The third kappa shape index (κ3) is 3.51. The third-order valence-corrected chi connectivity index (χ3v) is 4.16. The molecule has 0 aliphatic rings. The van der Waals surface area contributed by atoms with Gasteiger partial charge >= 0.3 is 0 Å². The third-order valence-electron chi connectivity index (χ3n) is 4.16. The van der Waals surface area contributed by atoms with Gasteiger partial charge in [-0.1, -0.05) is 62.0 Å². The normalized spacial score (nSPS) is 14.5. The maximum atomic E-state index is 11.9. The lowest BCUT2D eigenvalue weighted by atomic mass is 9.72. The van der Waals surface area contributed by atoms with Crippen molar-refractivity contribution in [2.24, 2.45) is 0 Å². The van der Waals surface area contributed by atoms with Crippen LogP contribution in [-0.2, 0) is 10.2 Å². The Balaban J connectivity index is 2.33. The van der Waals surface area contributed by atoms with Gasteiger partial charge in [0.25, 0.3) is 0 Å². The highest BCUT2D eigenvalue weighted by Gasteiger charge is 2.38. The monoisotopic (exact) mass is 310 g/mol. The lowest BCUT2D eigenvalue weighted by molar-refractivity contribution is -0.117. The SMILES string of the molecule is C=CCOc1ccc(C(O)C(C=O)(CC)c2ccccc2)cc1. The Bertz CT molecular complexity index is 634. The number of benzene rings is 2. The van der Waals surface area contributed by atoms with Gasteiger partial charge in [0.15, 0.2) is 0 Å².